The highest BCUT2D eigenvalue weighted by molar-refractivity contribution is 8.20. The van der Waals surface area contributed by atoms with Crippen LogP contribution in [0.25, 0.3) is 0 Å². The molecule has 2 aliphatic heterocycles. The Bertz CT molecular complexity index is 1320. The molecule has 0 bridgehead atoms. The fourth-order valence-corrected chi connectivity index (χ4v) is 5.94. The zero-order chi connectivity index (χ0) is 23.8. The maximum Gasteiger partial charge on any atom is 0.274 e. The maximum absolute atomic E-state index is 13.7. The van der Waals surface area contributed by atoms with Crippen LogP contribution in [0.2, 0.25) is 0 Å². The molecule has 0 saturated carbocycles. The van der Waals surface area contributed by atoms with Gasteiger partial charge in [-0.1, -0.05) is 11.8 Å². The molecule has 0 N–H and O–H groups in total. The van der Waals surface area contributed by atoms with Crippen LogP contribution in [0.5, 0.6) is 11.5 Å². The van der Waals surface area contributed by atoms with E-state index >= 15 is 0 Å². The summed E-state index contributed by atoms with van der Waals surface area (Å²) in [7, 11) is 5.15. The van der Waals surface area contributed by atoms with E-state index in [-0.39, 0.29) is 11.7 Å². The molecule has 3 aromatic carbocycles. The Balaban J connectivity index is 1.58. The van der Waals surface area contributed by atoms with E-state index in [9.17, 15) is 9.18 Å². The van der Waals surface area contributed by atoms with Crippen LogP contribution in [0.1, 0.15) is 0 Å². The molecule has 1 saturated heterocycles. The third-order valence-electron chi connectivity index (χ3n) is 5.40. The van der Waals surface area contributed by atoms with Crippen molar-refractivity contribution in [3.05, 3.63) is 82.5 Å². The summed E-state index contributed by atoms with van der Waals surface area (Å²) in [5.74, 6) is 0.885. The van der Waals surface area contributed by atoms with Crippen LogP contribution in [-0.2, 0) is 4.79 Å². The molecule has 34 heavy (non-hydrogen) atoms. The van der Waals surface area contributed by atoms with Crippen molar-refractivity contribution in [2.24, 2.45) is 4.99 Å². The van der Waals surface area contributed by atoms with Gasteiger partial charge in [-0.05, 0) is 72.4 Å². The van der Waals surface area contributed by atoms with Crippen LogP contribution in [-0.4, -0.2) is 32.3 Å². The first-order chi connectivity index (χ1) is 16.5. The summed E-state index contributed by atoms with van der Waals surface area (Å²) in [6.45, 7) is 0. The minimum absolute atomic E-state index is 0.210. The molecule has 0 radical (unpaired) electrons. The lowest BCUT2D eigenvalue weighted by molar-refractivity contribution is -0.113. The number of anilines is 2. The van der Waals surface area contributed by atoms with E-state index in [1.54, 1.807) is 26.4 Å². The van der Waals surface area contributed by atoms with Gasteiger partial charge >= 0.3 is 0 Å². The van der Waals surface area contributed by atoms with E-state index in [4.69, 9.17) is 14.5 Å². The normalized spacial score (nSPS) is 18.6. The fraction of sp³-hybridized carbons (Fsp3) is 0.120. The van der Waals surface area contributed by atoms with E-state index in [1.807, 2.05) is 54.4 Å². The van der Waals surface area contributed by atoms with Gasteiger partial charge in [-0.2, -0.15) is 0 Å². The first-order valence-corrected chi connectivity index (χ1v) is 12.0. The first kappa shape index (κ1) is 22.4. The fourth-order valence-electron chi connectivity index (χ4n) is 3.62. The number of carbonyl (C=O) groups is 1. The largest absolute Gasteiger partial charge is 0.497 e. The summed E-state index contributed by atoms with van der Waals surface area (Å²) >= 11 is 2.83. The smallest absolute Gasteiger partial charge is 0.274 e. The SMILES string of the molecule is COc1ccc(N=C2SC(=C3Sc4ccc(OC)cc4N3C)C(=O)N2c2ccc(F)cc2)cc1. The predicted molar refractivity (Wildman–Crippen MR) is 136 cm³/mol. The zero-order valence-corrected chi connectivity index (χ0v) is 20.2. The topological polar surface area (TPSA) is 54.4 Å². The van der Waals surface area contributed by atoms with Gasteiger partial charge in [-0.3, -0.25) is 9.69 Å². The summed E-state index contributed by atoms with van der Waals surface area (Å²) in [4.78, 5) is 23.5. The molecule has 2 heterocycles. The average molecular weight is 494 g/mol. The number of ether oxygens (including phenoxy) is 2. The lowest BCUT2D eigenvalue weighted by Gasteiger charge is -2.17. The number of rotatable bonds is 4. The predicted octanol–water partition coefficient (Wildman–Crippen LogP) is 6.02. The van der Waals surface area contributed by atoms with Gasteiger partial charge in [0, 0.05) is 18.0 Å². The summed E-state index contributed by atoms with van der Waals surface area (Å²) in [5.41, 5.74) is 2.19. The van der Waals surface area contributed by atoms with Gasteiger partial charge in [0.05, 0.1) is 36.3 Å². The van der Waals surface area contributed by atoms with E-state index in [0.29, 0.717) is 21.4 Å². The Hall–Kier alpha value is -3.43. The lowest BCUT2D eigenvalue weighted by atomic mass is 10.2. The third kappa shape index (κ3) is 4.01. The van der Waals surface area contributed by atoms with Gasteiger partial charge in [0.15, 0.2) is 5.17 Å². The second-order valence-corrected chi connectivity index (χ2v) is 9.45. The van der Waals surface area contributed by atoms with Crippen molar-refractivity contribution in [3.8, 4) is 11.5 Å². The van der Waals surface area contributed by atoms with E-state index < -0.39 is 0 Å². The van der Waals surface area contributed by atoms with E-state index in [2.05, 4.69) is 0 Å². The molecule has 9 heteroatoms. The monoisotopic (exact) mass is 493 g/mol. The van der Waals surface area contributed by atoms with Gasteiger partial charge in [0.1, 0.15) is 22.2 Å². The van der Waals surface area contributed by atoms with Crippen LogP contribution in [0.4, 0.5) is 21.5 Å². The Morgan fingerprint density at radius 1 is 0.882 bits per heavy atom. The molecule has 3 aromatic rings. The first-order valence-electron chi connectivity index (χ1n) is 10.3. The molecule has 0 aliphatic carbocycles. The average Bonchev–Trinajstić information content (AvgIpc) is 3.35. The van der Waals surface area contributed by atoms with Crippen LogP contribution in [0, 0.1) is 5.82 Å². The highest BCUT2D eigenvalue weighted by Gasteiger charge is 2.40. The van der Waals surface area contributed by atoms with Crippen LogP contribution < -0.4 is 19.3 Å². The number of hydrogen-bond donors (Lipinski definition) is 0. The van der Waals surface area contributed by atoms with E-state index in [1.165, 1.54) is 40.6 Å². The van der Waals surface area contributed by atoms with Crippen LogP contribution in [0.3, 0.4) is 0 Å². The summed E-state index contributed by atoms with van der Waals surface area (Å²) in [6.07, 6.45) is 0. The Kier molecular flexibility index (Phi) is 5.97. The number of amides is 1. The zero-order valence-electron chi connectivity index (χ0n) is 18.6. The summed E-state index contributed by atoms with van der Waals surface area (Å²) in [6, 6.07) is 18.9. The second kappa shape index (κ2) is 9.08. The second-order valence-electron chi connectivity index (χ2n) is 7.44. The molecule has 0 aromatic heterocycles. The molecule has 5 rings (SSSR count). The number of aliphatic imine (C=N–C) groups is 1. The number of benzene rings is 3. The molecule has 0 spiro atoms. The lowest BCUT2D eigenvalue weighted by Crippen LogP contribution is -2.29. The molecule has 6 nitrogen and oxygen atoms in total. The van der Waals surface area contributed by atoms with Crippen LogP contribution >= 0.6 is 23.5 Å². The number of carbonyl (C=O) groups excluding carboxylic acids is 1. The quantitative estimate of drug-likeness (QED) is 0.414. The molecule has 1 amide bonds. The Morgan fingerprint density at radius 2 is 1.56 bits per heavy atom. The minimum Gasteiger partial charge on any atom is -0.497 e. The van der Waals surface area contributed by atoms with Gasteiger partial charge < -0.3 is 14.4 Å². The minimum atomic E-state index is -0.370. The number of fused-ring (bicyclic) bond motifs is 1. The number of amidine groups is 1. The molecule has 2 aliphatic rings. The van der Waals surface area contributed by atoms with Crippen LogP contribution in [0.15, 0.2) is 86.6 Å². The number of thioether (sulfide) groups is 2. The van der Waals surface area contributed by atoms with Crippen molar-refractivity contribution in [1.29, 1.82) is 0 Å². The number of nitrogens with zero attached hydrogens (tertiary/aromatic N) is 3. The van der Waals surface area contributed by atoms with E-state index in [0.717, 1.165) is 27.1 Å². The molecule has 0 atom stereocenters. The Morgan fingerprint density at radius 3 is 2.24 bits per heavy atom. The Labute approximate surface area is 205 Å². The van der Waals surface area contributed by atoms with Crippen molar-refractivity contribution in [1.82, 2.24) is 0 Å². The third-order valence-corrected chi connectivity index (χ3v) is 7.79. The highest BCUT2D eigenvalue weighted by atomic mass is 32.2. The van der Waals surface area contributed by atoms with Crippen molar-refractivity contribution in [2.45, 2.75) is 4.90 Å². The van der Waals surface area contributed by atoms with Crippen molar-refractivity contribution < 1.29 is 18.7 Å². The maximum atomic E-state index is 13.7. The van der Waals surface area contributed by atoms with Gasteiger partial charge in [0.2, 0.25) is 0 Å². The van der Waals surface area contributed by atoms with Crippen molar-refractivity contribution in [3.63, 3.8) is 0 Å². The molecule has 0 unspecified atom stereocenters. The molecular weight excluding hydrogens is 473 g/mol. The van der Waals surface area contributed by atoms with Gasteiger partial charge in [-0.25, -0.2) is 9.38 Å². The summed E-state index contributed by atoms with van der Waals surface area (Å²) in [5, 5.41) is 1.30. The summed E-state index contributed by atoms with van der Waals surface area (Å²) < 4.78 is 24.2. The van der Waals surface area contributed by atoms with Crippen molar-refractivity contribution in [2.75, 3.05) is 31.1 Å². The molecule has 172 valence electrons. The van der Waals surface area contributed by atoms with Crippen molar-refractivity contribution >= 4 is 51.7 Å². The standard InChI is InChI=1S/C25H20FN3O3S2/c1-28-20-14-19(32-3)12-13-21(20)33-24(28)22-23(30)29(17-8-4-15(26)5-9-17)25(34-22)27-16-6-10-18(31-2)11-7-16/h4-14H,1-3H3. The van der Waals surface area contributed by atoms with Gasteiger partial charge in [0.25, 0.3) is 5.91 Å². The highest BCUT2D eigenvalue weighted by Crippen LogP contribution is 2.51. The number of methoxy groups -OCH3 is 2. The molecular formula is C25H20FN3O3S2. The molecule has 1 fully saturated rings. The number of halogens is 1. The number of hydrogen-bond acceptors (Lipinski definition) is 7. The van der Waals surface area contributed by atoms with Gasteiger partial charge in [-0.15, -0.1) is 0 Å².